The Morgan fingerprint density at radius 2 is 2.42 bits per heavy atom. The largest absolute Gasteiger partial charge is 0.385 e. The van der Waals surface area contributed by atoms with Gasteiger partial charge in [0.25, 0.3) is 0 Å². The van der Waals surface area contributed by atoms with Gasteiger partial charge in [0.15, 0.2) is 0 Å². The molecule has 1 aromatic rings. The van der Waals surface area contributed by atoms with Crippen molar-refractivity contribution in [2.45, 2.75) is 38.8 Å². The fourth-order valence-electron chi connectivity index (χ4n) is 1.56. The van der Waals surface area contributed by atoms with Crippen LogP contribution in [-0.2, 0) is 6.54 Å². The number of imidazole rings is 1. The van der Waals surface area contributed by atoms with Crippen LogP contribution in [-0.4, -0.2) is 14.7 Å². The quantitative estimate of drug-likeness (QED) is 0.685. The lowest BCUT2D eigenvalue weighted by Gasteiger charge is -1.99. The summed E-state index contributed by atoms with van der Waals surface area (Å²) < 4.78 is 2.06. The average molecular weight is 166 g/mol. The van der Waals surface area contributed by atoms with Crippen molar-refractivity contribution < 1.29 is 5.11 Å². The Morgan fingerprint density at radius 3 is 3.00 bits per heavy atom. The summed E-state index contributed by atoms with van der Waals surface area (Å²) in [5.74, 6) is 1.30. The van der Waals surface area contributed by atoms with Crippen molar-refractivity contribution in [3.63, 3.8) is 0 Å². The summed E-state index contributed by atoms with van der Waals surface area (Å²) >= 11 is 0. The number of hydrogen-bond donors (Lipinski definition) is 1. The van der Waals surface area contributed by atoms with Crippen molar-refractivity contribution in [1.29, 1.82) is 0 Å². The molecular formula is C9H14N2O. The second kappa shape index (κ2) is 2.59. The van der Waals surface area contributed by atoms with Gasteiger partial charge >= 0.3 is 0 Å². The number of hydrogen-bond acceptors (Lipinski definition) is 2. The van der Waals surface area contributed by atoms with E-state index >= 15 is 0 Å². The summed E-state index contributed by atoms with van der Waals surface area (Å²) in [7, 11) is 0. The standard InChI is InChI=1S/C9H14N2O/c1-6(2)7-5-11-4-3-8(12)9(11)10-7/h5-6,8,12H,3-4H2,1-2H3. The molecule has 0 amide bonds. The lowest BCUT2D eigenvalue weighted by Crippen LogP contribution is -1.94. The van der Waals surface area contributed by atoms with Crippen LogP contribution in [0, 0.1) is 0 Å². The van der Waals surface area contributed by atoms with Crippen molar-refractivity contribution in [2.24, 2.45) is 0 Å². The molecule has 0 saturated heterocycles. The number of fused-ring (bicyclic) bond motifs is 1. The minimum absolute atomic E-state index is 0.336. The molecule has 0 radical (unpaired) electrons. The van der Waals surface area contributed by atoms with Crippen molar-refractivity contribution in [3.05, 3.63) is 17.7 Å². The van der Waals surface area contributed by atoms with E-state index in [1.807, 2.05) is 0 Å². The summed E-state index contributed by atoms with van der Waals surface area (Å²) in [5, 5.41) is 9.49. The molecule has 1 aliphatic heterocycles. The van der Waals surface area contributed by atoms with Crippen LogP contribution in [0.15, 0.2) is 6.20 Å². The van der Waals surface area contributed by atoms with Crippen LogP contribution in [0.3, 0.4) is 0 Å². The topological polar surface area (TPSA) is 38.0 Å². The van der Waals surface area contributed by atoms with Gasteiger partial charge in [0.1, 0.15) is 11.9 Å². The molecule has 1 aromatic heterocycles. The van der Waals surface area contributed by atoms with Crippen molar-refractivity contribution in [2.75, 3.05) is 0 Å². The Bertz CT molecular complexity index is 291. The maximum absolute atomic E-state index is 9.49. The molecule has 1 unspecified atom stereocenters. The number of aliphatic hydroxyl groups is 1. The highest BCUT2D eigenvalue weighted by atomic mass is 16.3. The zero-order chi connectivity index (χ0) is 8.72. The van der Waals surface area contributed by atoms with Gasteiger partial charge < -0.3 is 9.67 Å². The number of aliphatic hydroxyl groups excluding tert-OH is 1. The Labute approximate surface area is 72.0 Å². The van der Waals surface area contributed by atoms with E-state index in [1.54, 1.807) is 0 Å². The van der Waals surface area contributed by atoms with Crippen LogP contribution in [0.25, 0.3) is 0 Å². The molecule has 0 aliphatic carbocycles. The van der Waals surface area contributed by atoms with E-state index in [1.165, 1.54) is 0 Å². The first-order chi connectivity index (χ1) is 5.68. The van der Waals surface area contributed by atoms with E-state index in [0.717, 1.165) is 24.5 Å². The van der Waals surface area contributed by atoms with Gasteiger partial charge in [-0.2, -0.15) is 0 Å². The molecule has 2 heterocycles. The number of aromatic nitrogens is 2. The van der Waals surface area contributed by atoms with Crippen LogP contribution in [0.5, 0.6) is 0 Å². The van der Waals surface area contributed by atoms with E-state index in [9.17, 15) is 5.11 Å². The highest BCUT2D eigenvalue weighted by Crippen LogP contribution is 2.26. The van der Waals surface area contributed by atoms with Gasteiger partial charge in [-0.3, -0.25) is 0 Å². The fourth-order valence-corrected chi connectivity index (χ4v) is 1.56. The van der Waals surface area contributed by atoms with E-state index in [-0.39, 0.29) is 6.10 Å². The fraction of sp³-hybridized carbons (Fsp3) is 0.667. The minimum Gasteiger partial charge on any atom is -0.385 e. The van der Waals surface area contributed by atoms with Crippen molar-refractivity contribution in [1.82, 2.24) is 9.55 Å². The Hall–Kier alpha value is -0.830. The van der Waals surface area contributed by atoms with Gasteiger partial charge in [-0.15, -0.1) is 0 Å². The van der Waals surface area contributed by atoms with Gasteiger partial charge in [-0.25, -0.2) is 4.98 Å². The molecule has 3 nitrogen and oxygen atoms in total. The van der Waals surface area contributed by atoms with Crippen LogP contribution >= 0.6 is 0 Å². The highest BCUT2D eigenvalue weighted by Gasteiger charge is 2.23. The predicted molar refractivity (Wildman–Crippen MR) is 45.9 cm³/mol. The van der Waals surface area contributed by atoms with Crippen molar-refractivity contribution >= 4 is 0 Å². The third-order valence-corrected chi connectivity index (χ3v) is 2.36. The zero-order valence-electron chi connectivity index (χ0n) is 7.49. The Balaban J connectivity index is 2.36. The second-order valence-corrected chi connectivity index (χ2v) is 3.68. The SMILES string of the molecule is CC(C)c1cn2c(n1)C(O)CC2. The van der Waals surface area contributed by atoms with E-state index in [4.69, 9.17) is 0 Å². The molecule has 0 saturated carbocycles. The molecule has 0 bridgehead atoms. The lowest BCUT2D eigenvalue weighted by atomic mass is 10.1. The zero-order valence-corrected chi connectivity index (χ0v) is 7.49. The maximum atomic E-state index is 9.49. The Kier molecular flexibility index (Phi) is 1.68. The second-order valence-electron chi connectivity index (χ2n) is 3.68. The van der Waals surface area contributed by atoms with Crippen molar-refractivity contribution in [3.8, 4) is 0 Å². The molecule has 3 heteroatoms. The molecule has 2 rings (SSSR count). The summed E-state index contributed by atoms with van der Waals surface area (Å²) in [5.41, 5.74) is 1.09. The average Bonchev–Trinajstić information content (AvgIpc) is 2.53. The third-order valence-electron chi connectivity index (χ3n) is 2.36. The monoisotopic (exact) mass is 166 g/mol. The van der Waals surface area contributed by atoms with Gasteiger partial charge in [0.05, 0.1) is 5.69 Å². The normalized spacial score (nSPS) is 21.8. The maximum Gasteiger partial charge on any atom is 0.138 e. The van der Waals surface area contributed by atoms with Crippen LogP contribution < -0.4 is 0 Å². The van der Waals surface area contributed by atoms with Gasteiger partial charge in [-0.1, -0.05) is 13.8 Å². The predicted octanol–water partition coefficient (Wildman–Crippen LogP) is 1.44. The lowest BCUT2D eigenvalue weighted by molar-refractivity contribution is 0.175. The molecule has 1 aliphatic rings. The number of rotatable bonds is 1. The van der Waals surface area contributed by atoms with Gasteiger partial charge in [0.2, 0.25) is 0 Å². The van der Waals surface area contributed by atoms with E-state index in [2.05, 4.69) is 29.6 Å². The summed E-state index contributed by atoms with van der Waals surface area (Å²) in [4.78, 5) is 4.38. The molecule has 1 atom stereocenters. The first-order valence-corrected chi connectivity index (χ1v) is 4.43. The summed E-state index contributed by atoms with van der Waals surface area (Å²) in [6, 6.07) is 0. The smallest absolute Gasteiger partial charge is 0.138 e. The van der Waals surface area contributed by atoms with Gasteiger partial charge in [0, 0.05) is 12.7 Å². The molecule has 1 N–H and O–H groups in total. The number of nitrogens with zero attached hydrogens (tertiary/aromatic N) is 2. The van der Waals surface area contributed by atoms with E-state index < -0.39 is 0 Å². The molecular weight excluding hydrogens is 152 g/mol. The number of aryl methyl sites for hydroxylation is 1. The molecule has 0 aromatic carbocycles. The first-order valence-electron chi connectivity index (χ1n) is 4.43. The molecule has 0 spiro atoms. The summed E-state index contributed by atoms with van der Waals surface area (Å²) in [6.07, 6.45) is 2.54. The molecule has 66 valence electrons. The minimum atomic E-state index is -0.336. The first kappa shape index (κ1) is 7.80. The van der Waals surface area contributed by atoms with Crippen LogP contribution in [0.2, 0.25) is 0 Å². The Morgan fingerprint density at radius 1 is 1.67 bits per heavy atom. The summed E-state index contributed by atoms with van der Waals surface area (Å²) in [6.45, 7) is 5.14. The van der Waals surface area contributed by atoms with Crippen LogP contribution in [0.4, 0.5) is 0 Å². The van der Waals surface area contributed by atoms with Crippen LogP contribution in [0.1, 0.15) is 43.8 Å². The highest BCUT2D eigenvalue weighted by molar-refractivity contribution is 5.12. The molecule has 0 fully saturated rings. The van der Waals surface area contributed by atoms with E-state index in [0.29, 0.717) is 5.92 Å². The third kappa shape index (κ3) is 1.05. The molecule has 12 heavy (non-hydrogen) atoms. The van der Waals surface area contributed by atoms with Gasteiger partial charge in [-0.05, 0) is 12.3 Å².